The summed E-state index contributed by atoms with van der Waals surface area (Å²) in [4.78, 5) is 45.4. The number of halogens is 6. The third-order valence-electron chi connectivity index (χ3n) is 8.02. The van der Waals surface area contributed by atoms with Gasteiger partial charge in [-0.2, -0.15) is 37.7 Å². The Morgan fingerprint density at radius 2 is 1.57 bits per heavy atom. The summed E-state index contributed by atoms with van der Waals surface area (Å²) in [5.41, 5.74) is 4.98. The molecule has 250 valence electrons. The molecule has 6 heterocycles. The molecule has 0 bridgehead atoms. The molecular weight excluding hydrogens is 644 g/mol. The fourth-order valence-electron chi connectivity index (χ4n) is 5.69. The summed E-state index contributed by atoms with van der Waals surface area (Å²) in [6, 6.07) is 6.30. The molecule has 0 amide bonds. The second kappa shape index (κ2) is 14.3. The van der Waals surface area contributed by atoms with Crippen LogP contribution in [0.1, 0.15) is 41.1 Å². The summed E-state index contributed by atoms with van der Waals surface area (Å²) >= 11 is 1.77. The van der Waals surface area contributed by atoms with Gasteiger partial charge in [-0.05, 0) is 65.4 Å². The first kappa shape index (κ1) is 35.0. The largest absolute Gasteiger partial charge is 0.490 e. The number of carboxylic acids is 2. The molecule has 1 fully saturated rings. The zero-order valence-corrected chi connectivity index (χ0v) is 25.2. The van der Waals surface area contributed by atoms with E-state index in [1.807, 2.05) is 16.8 Å². The monoisotopic (exact) mass is 675 g/mol. The van der Waals surface area contributed by atoms with Gasteiger partial charge in [0.1, 0.15) is 5.82 Å². The molecule has 46 heavy (non-hydrogen) atoms. The van der Waals surface area contributed by atoms with Gasteiger partial charge in [0.05, 0.1) is 11.3 Å². The molecule has 2 N–H and O–H groups in total. The highest BCUT2D eigenvalue weighted by Crippen LogP contribution is 2.41. The minimum absolute atomic E-state index is 0.207. The van der Waals surface area contributed by atoms with Gasteiger partial charge in [0.25, 0.3) is 5.56 Å². The number of piperidine rings is 1. The van der Waals surface area contributed by atoms with Crippen molar-refractivity contribution in [2.24, 2.45) is 5.41 Å². The van der Waals surface area contributed by atoms with Gasteiger partial charge in [0.15, 0.2) is 0 Å². The van der Waals surface area contributed by atoms with Crippen molar-refractivity contribution in [2.75, 3.05) is 19.6 Å². The van der Waals surface area contributed by atoms with E-state index < -0.39 is 24.3 Å². The van der Waals surface area contributed by atoms with Gasteiger partial charge >= 0.3 is 24.3 Å². The average Bonchev–Trinajstić information content (AvgIpc) is 3.63. The minimum atomic E-state index is -5.08. The Morgan fingerprint density at radius 3 is 2.11 bits per heavy atom. The van der Waals surface area contributed by atoms with Crippen molar-refractivity contribution in [3.8, 4) is 0 Å². The topological polar surface area (TPSA) is 129 Å². The summed E-state index contributed by atoms with van der Waals surface area (Å²) in [6.07, 6.45) is -2.33. The van der Waals surface area contributed by atoms with Gasteiger partial charge in [-0.3, -0.25) is 24.1 Å². The van der Waals surface area contributed by atoms with Crippen LogP contribution in [-0.2, 0) is 48.6 Å². The number of rotatable bonds is 4. The Morgan fingerprint density at radius 1 is 0.935 bits per heavy atom. The number of carbonyl (C=O) groups is 2. The molecule has 0 aromatic carbocycles. The average molecular weight is 676 g/mol. The van der Waals surface area contributed by atoms with E-state index in [1.165, 1.54) is 11.1 Å². The van der Waals surface area contributed by atoms with Crippen LogP contribution in [0.15, 0.2) is 46.1 Å². The zero-order valence-electron chi connectivity index (χ0n) is 24.4. The smallest absolute Gasteiger partial charge is 0.475 e. The summed E-state index contributed by atoms with van der Waals surface area (Å²) in [5.74, 6) is -4.49. The lowest BCUT2D eigenvalue weighted by molar-refractivity contribution is -0.193. The lowest BCUT2D eigenvalue weighted by Crippen LogP contribution is -2.41. The van der Waals surface area contributed by atoms with E-state index in [-0.39, 0.29) is 11.0 Å². The second-order valence-corrected chi connectivity index (χ2v) is 12.1. The number of hydrogen-bond donors (Lipinski definition) is 2. The van der Waals surface area contributed by atoms with Crippen LogP contribution in [0, 0.1) is 5.41 Å². The van der Waals surface area contributed by atoms with Gasteiger partial charge < -0.3 is 10.2 Å². The number of hydrogen-bond acceptors (Lipinski definition) is 8. The Bertz CT molecular complexity index is 1530. The third kappa shape index (κ3) is 9.13. The van der Waals surface area contributed by atoms with Crippen LogP contribution in [0.5, 0.6) is 0 Å². The number of thiophene rings is 1. The lowest BCUT2D eigenvalue weighted by atomic mass is 9.77. The molecule has 17 heteroatoms. The van der Waals surface area contributed by atoms with Crippen LogP contribution in [-0.4, -0.2) is 78.5 Å². The standard InChI is InChI=1S/C25H29N5OS.2C2HF3O2/c31-24-21-16-29(14-19-2-1-7-26-13-19)8-3-22(21)27-23-12-25(18-30(23)24)5-9-28(10-6-25)15-20-4-11-32-17-20;2*3-2(4,5)1(6)7/h1-2,4,7,11,13,17H,3,5-6,8-10,12,14-16,18H2;2*(H,6,7). The Hall–Kier alpha value is -3.83. The first-order valence-corrected chi connectivity index (χ1v) is 15.1. The minimum Gasteiger partial charge on any atom is -0.475 e. The molecule has 1 saturated heterocycles. The number of fused-ring (bicyclic) bond motifs is 2. The van der Waals surface area contributed by atoms with Gasteiger partial charge in [-0.25, -0.2) is 14.6 Å². The fraction of sp³-hybridized carbons (Fsp3) is 0.483. The van der Waals surface area contributed by atoms with E-state index in [1.54, 1.807) is 17.5 Å². The number of aromatic nitrogens is 3. The van der Waals surface area contributed by atoms with E-state index >= 15 is 0 Å². The molecule has 0 atom stereocenters. The number of likely N-dealkylation sites (tertiary alicyclic amines) is 1. The summed E-state index contributed by atoms with van der Waals surface area (Å²) < 4.78 is 65.5. The maximum atomic E-state index is 13.5. The van der Waals surface area contributed by atoms with Crippen molar-refractivity contribution < 1.29 is 46.1 Å². The molecule has 3 aromatic rings. The summed E-state index contributed by atoms with van der Waals surface area (Å²) in [6.45, 7) is 6.58. The highest BCUT2D eigenvalue weighted by Gasteiger charge is 2.42. The fourth-order valence-corrected chi connectivity index (χ4v) is 6.35. The van der Waals surface area contributed by atoms with Crippen LogP contribution in [0.2, 0.25) is 0 Å². The lowest BCUT2D eigenvalue weighted by Gasteiger charge is -2.38. The molecule has 3 aliphatic rings. The number of alkyl halides is 6. The molecule has 0 radical (unpaired) electrons. The molecule has 1 spiro atoms. The molecule has 0 aliphatic carbocycles. The number of carboxylic acid groups (broad SMARTS) is 2. The Labute approximate surface area is 262 Å². The third-order valence-corrected chi connectivity index (χ3v) is 8.75. The number of nitrogens with zero attached hydrogens (tertiary/aromatic N) is 5. The highest BCUT2D eigenvalue weighted by molar-refractivity contribution is 7.07. The van der Waals surface area contributed by atoms with Gasteiger partial charge in [-0.15, -0.1) is 0 Å². The van der Waals surface area contributed by atoms with Crippen LogP contribution >= 0.6 is 11.3 Å². The first-order valence-electron chi connectivity index (χ1n) is 14.1. The predicted molar refractivity (Wildman–Crippen MR) is 153 cm³/mol. The first-order chi connectivity index (χ1) is 21.6. The van der Waals surface area contributed by atoms with Crippen molar-refractivity contribution in [2.45, 2.75) is 64.2 Å². The van der Waals surface area contributed by atoms with E-state index in [0.29, 0.717) is 6.54 Å². The summed E-state index contributed by atoms with van der Waals surface area (Å²) in [7, 11) is 0. The maximum absolute atomic E-state index is 13.5. The maximum Gasteiger partial charge on any atom is 0.490 e. The van der Waals surface area contributed by atoms with Crippen molar-refractivity contribution in [3.63, 3.8) is 0 Å². The van der Waals surface area contributed by atoms with Crippen LogP contribution in [0.25, 0.3) is 0 Å². The quantitative estimate of drug-likeness (QED) is 0.388. The van der Waals surface area contributed by atoms with E-state index in [0.717, 1.165) is 82.0 Å². The molecule has 3 aromatic heterocycles. The van der Waals surface area contributed by atoms with Crippen LogP contribution in [0.3, 0.4) is 0 Å². The summed E-state index contributed by atoms with van der Waals surface area (Å²) in [5, 5.41) is 18.7. The predicted octanol–water partition coefficient (Wildman–Crippen LogP) is 4.36. The van der Waals surface area contributed by atoms with Crippen molar-refractivity contribution >= 4 is 23.3 Å². The van der Waals surface area contributed by atoms with Crippen molar-refractivity contribution in [1.29, 1.82) is 0 Å². The SMILES string of the molecule is O=C(O)C(F)(F)F.O=C(O)C(F)(F)F.O=c1c2c(nc3n1CC1(CCN(Cc4ccsc4)CC1)C3)CCN(Cc1cccnc1)C2. The highest BCUT2D eigenvalue weighted by atomic mass is 32.1. The zero-order chi connectivity index (χ0) is 33.7. The van der Waals surface area contributed by atoms with Gasteiger partial charge in [0.2, 0.25) is 0 Å². The molecule has 0 unspecified atom stereocenters. The van der Waals surface area contributed by atoms with E-state index in [4.69, 9.17) is 24.8 Å². The van der Waals surface area contributed by atoms with Crippen LogP contribution in [0.4, 0.5) is 26.3 Å². The molecular formula is C29H31F6N5O5S. The van der Waals surface area contributed by atoms with Crippen molar-refractivity contribution in [1.82, 2.24) is 24.3 Å². The number of pyridine rings is 1. The Balaban J connectivity index is 0.000000289. The van der Waals surface area contributed by atoms with Crippen molar-refractivity contribution in [3.05, 3.63) is 79.9 Å². The molecule has 10 nitrogen and oxygen atoms in total. The van der Waals surface area contributed by atoms with E-state index in [9.17, 15) is 31.1 Å². The Kier molecular flexibility index (Phi) is 10.9. The number of aliphatic carboxylic acids is 2. The van der Waals surface area contributed by atoms with Crippen LogP contribution < -0.4 is 5.56 Å². The second-order valence-electron chi connectivity index (χ2n) is 11.4. The van der Waals surface area contributed by atoms with Gasteiger partial charge in [0, 0.05) is 58.0 Å². The van der Waals surface area contributed by atoms with E-state index in [2.05, 4.69) is 37.7 Å². The molecule has 3 aliphatic heterocycles. The molecule has 0 saturated carbocycles. The molecule has 6 rings (SSSR count). The van der Waals surface area contributed by atoms with Gasteiger partial charge in [-0.1, -0.05) is 6.07 Å². The normalized spacial score (nSPS) is 17.6.